The molecule has 0 heterocycles. The molecule has 2 rings (SSSR count). The molecule has 0 saturated heterocycles. The average Bonchev–Trinajstić information content (AvgIpc) is 2.37. The van der Waals surface area contributed by atoms with Crippen LogP contribution < -0.4 is 5.32 Å². The number of rotatable bonds is 3. The summed E-state index contributed by atoms with van der Waals surface area (Å²) in [7, 11) is 0. The number of carbonyl (C=O) groups is 1. The first kappa shape index (κ1) is 13.7. The molecule has 0 spiro atoms. The SMILES string of the molecule is Cc1ccccc1CC(=O)Nc1ccc(Br)c(F)c1. The molecule has 2 nitrogen and oxygen atoms in total. The van der Waals surface area contributed by atoms with Gasteiger partial charge in [0.25, 0.3) is 0 Å². The van der Waals surface area contributed by atoms with Gasteiger partial charge in [0.15, 0.2) is 0 Å². The van der Waals surface area contributed by atoms with E-state index in [1.165, 1.54) is 6.07 Å². The van der Waals surface area contributed by atoms with Crippen molar-refractivity contribution in [3.63, 3.8) is 0 Å². The van der Waals surface area contributed by atoms with Crippen LogP contribution in [0, 0.1) is 12.7 Å². The van der Waals surface area contributed by atoms with Crippen LogP contribution in [-0.2, 0) is 11.2 Å². The topological polar surface area (TPSA) is 29.1 Å². The van der Waals surface area contributed by atoms with Crippen molar-refractivity contribution >= 4 is 27.5 Å². The Morgan fingerprint density at radius 1 is 1.26 bits per heavy atom. The van der Waals surface area contributed by atoms with Gasteiger partial charge in [0, 0.05) is 5.69 Å². The van der Waals surface area contributed by atoms with Crippen molar-refractivity contribution in [1.82, 2.24) is 0 Å². The minimum absolute atomic E-state index is 0.156. The highest BCUT2D eigenvalue weighted by atomic mass is 79.9. The number of carbonyl (C=O) groups excluding carboxylic acids is 1. The van der Waals surface area contributed by atoms with E-state index in [-0.39, 0.29) is 12.3 Å². The number of anilines is 1. The first-order chi connectivity index (χ1) is 9.06. The molecule has 0 aliphatic carbocycles. The Bertz CT molecular complexity index is 613. The average molecular weight is 322 g/mol. The summed E-state index contributed by atoms with van der Waals surface area (Å²) < 4.78 is 13.7. The van der Waals surface area contributed by atoms with Gasteiger partial charge in [0.2, 0.25) is 5.91 Å². The zero-order valence-electron chi connectivity index (χ0n) is 10.4. The predicted molar refractivity (Wildman–Crippen MR) is 77.6 cm³/mol. The monoisotopic (exact) mass is 321 g/mol. The summed E-state index contributed by atoms with van der Waals surface area (Å²) in [6.45, 7) is 1.96. The molecule has 2 aromatic carbocycles. The van der Waals surface area contributed by atoms with Crippen LogP contribution in [0.5, 0.6) is 0 Å². The lowest BCUT2D eigenvalue weighted by atomic mass is 10.1. The van der Waals surface area contributed by atoms with Crippen molar-refractivity contribution in [3.8, 4) is 0 Å². The molecule has 2 aromatic rings. The van der Waals surface area contributed by atoms with Gasteiger partial charge in [-0.1, -0.05) is 24.3 Å². The highest BCUT2D eigenvalue weighted by Crippen LogP contribution is 2.19. The molecule has 0 saturated carbocycles. The van der Waals surface area contributed by atoms with Gasteiger partial charge in [0.05, 0.1) is 10.9 Å². The van der Waals surface area contributed by atoms with Gasteiger partial charge >= 0.3 is 0 Å². The van der Waals surface area contributed by atoms with Gasteiger partial charge in [-0.25, -0.2) is 4.39 Å². The summed E-state index contributed by atoms with van der Waals surface area (Å²) in [5, 5.41) is 2.69. The molecule has 98 valence electrons. The third-order valence-corrected chi connectivity index (χ3v) is 3.46. The maximum atomic E-state index is 13.3. The summed E-state index contributed by atoms with van der Waals surface area (Å²) in [5.41, 5.74) is 2.50. The van der Waals surface area contributed by atoms with Crippen LogP contribution in [0.4, 0.5) is 10.1 Å². The number of amides is 1. The van der Waals surface area contributed by atoms with Gasteiger partial charge < -0.3 is 5.32 Å². The lowest BCUT2D eigenvalue weighted by Gasteiger charge is -2.07. The van der Waals surface area contributed by atoms with Gasteiger partial charge in [-0.2, -0.15) is 0 Å². The van der Waals surface area contributed by atoms with Gasteiger partial charge in [-0.05, 0) is 52.2 Å². The molecule has 0 aromatic heterocycles. The lowest BCUT2D eigenvalue weighted by Crippen LogP contribution is -2.15. The van der Waals surface area contributed by atoms with E-state index in [1.807, 2.05) is 31.2 Å². The highest BCUT2D eigenvalue weighted by molar-refractivity contribution is 9.10. The highest BCUT2D eigenvalue weighted by Gasteiger charge is 2.07. The fourth-order valence-electron chi connectivity index (χ4n) is 1.76. The van der Waals surface area contributed by atoms with Crippen LogP contribution in [0.15, 0.2) is 46.9 Å². The number of halogens is 2. The molecule has 19 heavy (non-hydrogen) atoms. The van der Waals surface area contributed by atoms with E-state index in [1.54, 1.807) is 12.1 Å². The summed E-state index contributed by atoms with van der Waals surface area (Å²) in [4.78, 5) is 11.9. The molecular formula is C15H13BrFNO. The van der Waals surface area contributed by atoms with Crippen molar-refractivity contribution < 1.29 is 9.18 Å². The zero-order chi connectivity index (χ0) is 13.8. The molecular weight excluding hydrogens is 309 g/mol. The Morgan fingerprint density at radius 3 is 2.68 bits per heavy atom. The number of benzene rings is 2. The van der Waals surface area contributed by atoms with E-state index in [0.29, 0.717) is 10.2 Å². The van der Waals surface area contributed by atoms with Crippen LogP contribution in [0.1, 0.15) is 11.1 Å². The maximum Gasteiger partial charge on any atom is 0.228 e. The number of nitrogens with one attached hydrogen (secondary N) is 1. The second-order valence-electron chi connectivity index (χ2n) is 4.28. The quantitative estimate of drug-likeness (QED) is 0.906. The van der Waals surface area contributed by atoms with E-state index in [0.717, 1.165) is 11.1 Å². The van der Waals surface area contributed by atoms with Crippen LogP contribution in [0.2, 0.25) is 0 Å². The Labute approximate surface area is 119 Å². The largest absolute Gasteiger partial charge is 0.326 e. The van der Waals surface area contributed by atoms with E-state index < -0.39 is 5.82 Å². The van der Waals surface area contributed by atoms with E-state index >= 15 is 0 Å². The molecule has 0 aliphatic heterocycles. The van der Waals surface area contributed by atoms with Crippen LogP contribution >= 0.6 is 15.9 Å². The van der Waals surface area contributed by atoms with Gasteiger partial charge in [0.1, 0.15) is 5.82 Å². The second kappa shape index (κ2) is 5.97. The normalized spacial score (nSPS) is 10.3. The van der Waals surface area contributed by atoms with Gasteiger partial charge in [-0.3, -0.25) is 4.79 Å². The third-order valence-electron chi connectivity index (χ3n) is 2.82. The Morgan fingerprint density at radius 2 is 2.00 bits per heavy atom. The smallest absolute Gasteiger partial charge is 0.228 e. The molecule has 4 heteroatoms. The van der Waals surface area contributed by atoms with Crippen LogP contribution in [0.3, 0.4) is 0 Å². The molecule has 0 aliphatic rings. The summed E-state index contributed by atoms with van der Waals surface area (Å²) in [5.74, 6) is -0.551. The first-order valence-electron chi connectivity index (χ1n) is 5.85. The van der Waals surface area contributed by atoms with Crippen molar-refractivity contribution in [3.05, 3.63) is 63.9 Å². The van der Waals surface area contributed by atoms with Crippen molar-refractivity contribution in [2.45, 2.75) is 13.3 Å². The third kappa shape index (κ3) is 3.64. The van der Waals surface area contributed by atoms with E-state index in [2.05, 4.69) is 21.2 Å². The van der Waals surface area contributed by atoms with Crippen molar-refractivity contribution in [2.75, 3.05) is 5.32 Å². The van der Waals surface area contributed by atoms with Crippen LogP contribution in [0.25, 0.3) is 0 Å². The minimum Gasteiger partial charge on any atom is -0.326 e. The Kier molecular flexibility index (Phi) is 4.32. The Balaban J connectivity index is 2.05. The van der Waals surface area contributed by atoms with E-state index in [9.17, 15) is 9.18 Å². The molecule has 0 radical (unpaired) electrons. The Hall–Kier alpha value is -1.68. The summed E-state index contributed by atoms with van der Waals surface area (Å²) in [6, 6.07) is 12.2. The minimum atomic E-state index is -0.395. The molecule has 0 unspecified atom stereocenters. The van der Waals surface area contributed by atoms with Crippen LogP contribution in [-0.4, -0.2) is 5.91 Å². The maximum absolute atomic E-state index is 13.3. The second-order valence-corrected chi connectivity index (χ2v) is 5.13. The van der Waals surface area contributed by atoms with Crippen molar-refractivity contribution in [1.29, 1.82) is 0 Å². The predicted octanol–water partition coefficient (Wildman–Crippen LogP) is 4.08. The number of hydrogen-bond donors (Lipinski definition) is 1. The van der Waals surface area contributed by atoms with E-state index in [4.69, 9.17) is 0 Å². The van der Waals surface area contributed by atoms with Crippen molar-refractivity contribution in [2.24, 2.45) is 0 Å². The number of aryl methyl sites for hydroxylation is 1. The standard InChI is InChI=1S/C15H13BrFNO/c1-10-4-2-3-5-11(10)8-15(19)18-12-6-7-13(16)14(17)9-12/h2-7,9H,8H2,1H3,(H,18,19). The first-order valence-corrected chi connectivity index (χ1v) is 6.65. The zero-order valence-corrected chi connectivity index (χ0v) is 12.0. The molecule has 0 bridgehead atoms. The fourth-order valence-corrected chi connectivity index (χ4v) is 2.01. The fraction of sp³-hybridized carbons (Fsp3) is 0.133. The summed E-state index contributed by atoms with van der Waals surface area (Å²) >= 11 is 3.07. The molecule has 1 N–H and O–H groups in total. The number of hydrogen-bond acceptors (Lipinski definition) is 1. The molecule has 0 atom stereocenters. The summed E-state index contributed by atoms with van der Waals surface area (Å²) in [6.07, 6.45) is 0.282. The molecule has 0 fully saturated rings. The lowest BCUT2D eigenvalue weighted by molar-refractivity contribution is -0.115. The molecule has 1 amide bonds. The van der Waals surface area contributed by atoms with Gasteiger partial charge in [-0.15, -0.1) is 0 Å².